The van der Waals surface area contributed by atoms with E-state index >= 15 is 0 Å². The molecule has 73 heavy (non-hydrogen) atoms. The van der Waals surface area contributed by atoms with Gasteiger partial charge in [0.25, 0.3) is 0 Å². The van der Waals surface area contributed by atoms with Crippen LogP contribution in [0.15, 0.2) is 231 Å². The maximum atomic E-state index is 11.1. The lowest BCUT2D eigenvalue weighted by Crippen LogP contribution is -2.06. The van der Waals surface area contributed by atoms with Crippen LogP contribution in [0.1, 0.15) is 16.7 Å². The van der Waals surface area contributed by atoms with E-state index in [4.69, 9.17) is 19.9 Å². The van der Waals surface area contributed by atoms with Crippen molar-refractivity contribution in [3.05, 3.63) is 247 Å². The highest BCUT2D eigenvalue weighted by Gasteiger charge is 2.26. The third-order valence-corrected chi connectivity index (χ3v) is 13.1. The summed E-state index contributed by atoms with van der Waals surface area (Å²) in [6.07, 6.45) is 0. The lowest BCUT2D eigenvalue weighted by molar-refractivity contribution is 1.13. The molecule has 0 unspecified atom stereocenters. The van der Waals surface area contributed by atoms with Crippen LogP contribution in [0.2, 0.25) is 0 Å². The van der Waals surface area contributed by atoms with Crippen molar-refractivity contribution in [1.82, 2.24) is 24.5 Å². The summed E-state index contributed by atoms with van der Waals surface area (Å²) in [5.74, 6) is 0.918. The maximum absolute atomic E-state index is 11.1. The molecule has 0 bridgehead atoms. The summed E-state index contributed by atoms with van der Waals surface area (Å²) in [4.78, 5) is 21.4. The van der Waals surface area contributed by atoms with Gasteiger partial charge in [-0.2, -0.15) is 15.8 Å². The normalized spacial score (nSPS) is 11.0. The first-order valence-corrected chi connectivity index (χ1v) is 23.7. The van der Waals surface area contributed by atoms with Crippen LogP contribution < -0.4 is 0 Å². The van der Waals surface area contributed by atoms with Gasteiger partial charge in [0.1, 0.15) is 0 Å². The molecule has 3 heterocycles. The first-order chi connectivity index (χ1) is 36.0. The fourth-order valence-corrected chi connectivity index (χ4v) is 9.60. The van der Waals surface area contributed by atoms with Crippen LogP contribution >= 0.6 is 0 Å². The Morgan fingerprint density at radius 3 is 1.14 bits per heavy atom. The molecule has 0 spiro atoms. The molecule has 0 aliphatic carbocycles. The van der Waals surface area contributed by atoms with Crippen molar-refractivity contribution in [3.63, 3.8) is 0 Å². The number of hydrogen-bond acceptors (Lipinski definition) is 7. The lowest BCUT2D eigenvalue weighted by Gasteiger charge is -2.20. The van der Waals surface area contributed by atoms with Gasteiger partial charge in [0.2, 0.25) is 0 Å². The van der Waals surface area contributed by atoms with Crippen molar-refractivity contribution >= 4 is 21.8 Å². The molecule has 0 atom stereocenters. The Kier molecular flexibility index (Phi) is 11.2. The number of nitrogens with zero attached hydrogens (tertiary/aromatic N) is 8. The minimum atomic E-state index is 0.383. The molecule has 0 saturated carbocycles. The van der Waals surface area contributed by atoms with Crippen LogP contribution in [0, 0.1) is 34.0 Å². The van der Waals surface area contributed by atoms with E-state index in [1.165, 1.54) is 0 Å². The zero-order valence-electron chi connectivity index (χ0n) is 39.0. The highest BCUT2D eigenvalue weighted by atomic mass is 15.0. The molecule has 3 aromatic heterocycles. The van der Waals surface area contributed by atoms with E-state index in [0.717, 1.165) is 66.3 Å². The fraction of sp³-hybridized carbons (Fsp3) is 0. The smallest absolute Gasteiger partial charge is 0.162 e. The van der Waals surface area contributed by atoms with Crippen molar-refractivity contribution in [3.8, 4) is 114 Å². The second-order valence-electron chi connectivity index (χ2n) is 17.6. The van der Waals surface area contributed by atoms with Crippen LogP contribution in [0.25, 0.3) is 118 Å². The minimum absolute atomic E-state index is 0.383. The molecule has 0 radical (unpaired) electrons. The quantitative estimate of drug-likeness (QED) is 0.141. The third kappa shape index (κ3) is 8.32. The van der Waals surface area contributed by atoms with Crippen LogP contribution in [0.5, 0.6) is 0 Å². The number of rotatable bonds is 9. The average molecular weight is 931 g/mol. The predicted octanol–water partition coefficient (Wildman–Crippen LogP) is 15.3. The largest absolute Gasteiger partial charge is 0.308 e. The van der Waals surface area contributed by atoms with Crippen molar-refractivity contribution in [1.29, 1.82) is 15.8 Å². The van der Waals surface area contributed by atoms with E-state index in [9.17, 15) is 15.8 Å². The maximum Gasteiger partial charge on any atom is 0.162 e. The van der Waals surface area contributed by atoms with Crippen LogP contribution in [0.3, 0.4) is 0 Å². The van der Waals surface area contributed by atoms with Gasteiger partial charge >= 0.3 is 0 Å². The van der Waals surface area contributed by atoms with E-state index in [2.05, 4.69) is 59.2 Å². The Bertz CT molecular complexity index is 3840. The summed E-state index contributed by atoms with van der Waals surface area (Å²) in [6, 6.07) is 83.0. The Morgan fingerprint density at radius 1 is 0.288 bits per heavy atom. The Balaban J connectivity index is 1.26. The molecule has 0 aliphatic rings. The average Bonchev–Trinajstić information content (AvgIpc) is 3.80. The first kappa shape index (κ1) is 43.7. The van der Waals surface area contributed by atoms with E-state index in [0.29, 0.717) is 67.9 Å². The lowest BCUT2D eigenvalue weighted by atomic mass is 9.97. The van der Waals surface area contributed by atoms with Crippen molar-refractivity contribution in [2.45, 2.75) is 0 Å². The van der Waals surface area contributed by atoms with Gasteiger partial charge in [-0.25, -0.2) is 19.9 Å². The summed E-state index contributed by atoms with van der Waals surface area (Å²) in [7, 11) is 0. The summed E-state index contributed by atoms with van der Waals surface area (Å²) in [6.45, 7) is 0. The monoisotopic (exact) mass is 930 g/mol. The van der Waals surface area contributed by atoms with Crippen molar-refractivity contribution < 1.29 is 0 Å². The van der Waals surface area contributed by atoms with Gasteiger partial charge in [0, 0.05) is 44.2 Å². The van der Waals surface area contributed by atoms with Gasteiger partial charge in [-0.05, 0) is 82.9 Å². The third-order valence-electron chi connectivity index (χ3n) is 13.1. The predicted molar refractivity (Wildman–Crippen MR) is 290 cm³/mol. The molecular weight excluding hydrogens is 893 g/mol. The van der Waals surface area contributed by atoms with Gasteiger partial charge in [-0.3, -0.25) is 0 Å². The minimum Gasteiger partial charge on any atom is -0.308 e. The SMILES string of the molecule is N#Cc1cccc(-c2ccc3c4ccc(-c5cccc(C#N)c5)cc4n(-c4c(-c5cc(-c6ccccc6)nc(-c6ccccc6)n5)cc(C#N)cc4-c4nc(-c5ccccc5)cc(-c5ccccc5)n4)c3c2)c1. The molecule has 8 nitrogen and oxygen atoms in total. The summed E-state index contributed by atoms with van der Waals surface area (Å²) in [5.41, 5.74) is 14.9. The second kappa shape index (κ2) is 18.7. The molecule has 8 heteroatoms. The second-order valence-corrected chi connectivity index (χ2v) is 17.6. The van der Waals surface area contributed by atoms with Crippen molar-refractivity contribution in [2.24, 2.45) is 0 Å². The molecule has 0 amide bonds. The molecule has 0 fully saturated rings. The van der Waals surface area contributed by atoms with Crippen molar-refractivity contribution in [2.75, 3.05) is 0 Å². The van der Waals surface area contributed by atoms with Gasteiger partial charge in [0.05, 0.1) is 74.4 Å². The molecular formula is C65H38N8. The number of nitriles is 3. The van der Waals surface area contributed by atoms with Crippen LogP contribution in [0.4, 0.5) is 0 Å². The molecule has 12 rings (SSSR count). The molecule has 0 N–H and O–H groups in total. The van der Waals surface area contributed by atoms with Gasteiger partial charge < -0.3 is 4.57 Å². The highest BCUT2D eigenvalue weighted by molar-refractivity contribution is 6.12. The Labute approximate surface area is 421 Å². The molecule has 0 saturated heterocycles. The van der Waals surface area contributed by atoms with E-state index < -0.39 is 0 Å². The number of hydrogen-bond donors (Lipinski definition) is 0. The molecule has 0 aliphatic heterocycles. The summed E-state index contributed by atoms with van der Waals surface area (Å²) >= 11 is 0. The fourth-order valence-electron chi connectivity index (χ4n) is 9.60. The van der Waals surface area contributed by atoms with Gasteiger partial charge in [-0.1, -0.05) is 170 Å². The number of aromatic nitrogens is 5. The highest BCUT2D eigenvalue weighted by Crippen LogP contribution is 2.44. The van der Waals surface area contributed by atoms with Crippen LogP contribution in [-0.2, 0) is 0 Å². The van der Waals surface area contributed by atoms with E-state index in [-0.39, 0.29) is 0 Å². The molecule has 338 valence electrons. The van der Waals surface area contributed by atoms with Gasteiger partial charge in [0.15, 0.2) is 11.6 Å². The molecule has 12 aromatic rings. The zero-order valence-corrected chi connectivity index (χ0v) is 39.0. The first-order valence-electron chi connectivity index (χ1n) is 23.7. The summed E-state index contributed by atoms with van der Waals surface area (Å²) < 4.78 is 2.25. The zero-order chi connectivity index (χ0) is 49.3. The van der Waals surface area contributed by atoms with E-state index in [1.807, 2.05) is 182 Å². The standard InChI is InChI=1S/C65H38N8/c66-39-42-15-13-25-49(31-42)51-27-29-53-54-30-28-52(50-26-14-16-43(32-50)40-67)36-62(54)73(61(53)35-51)63-55(60-38-59(47-21-9-3-10-22-47)69-64(72-60)48-23-11-4-12-24-48)33-44(41-68)34-56(63)65-70-57(45-17-5-1-6-18-45)37-58(71-65)46-19-7-2-8-20-46/h1-38H. The molecule has 9 aromatic carbocycles. The Hall–Kier alpha value is -10.6. The Morgan fingerprint density at radius 2 is 0.671 bits per heavy atom. The van der Waals surface area contributed by atoms with Gasteiger partial charge in [-0.15, -0.1) is 0 Å². The topological polar surface area (TPSA) is 128 Å². The number of benzene rings is 9. The van der Waals surface area contributed by atoms with E-state index in [1.54, 1.807) is 12.1 Å². The summed E-state index contributed by atoms with van der Waals surface area (Å²) in [5, 5.41) is 33.0. The van der Waals surface area contributed by atoms with Crippen LogP contribution in [-0.4, -0.2) is 24.5 Å². The number of fused-ring (bicyclic) bond motifs is 3.